The van der Waals surface area contributed by atoms with E-state index in [-0.39, 0.29) is 28.4 Å². The standard InChI is InChI=1S/C22H22F3N5O2S/c1-4-9-28-19(32)15-7-5-6-8-17(15)30-20(28)26-27-21(30)33-11-18(31)16-10-13(2)29(14(16)3)12-22(23,24)25/h5-8,10H,4,9,11-12H2,1-3H3. The number of halogens is 3. The van der Waals surface area contributed by atoms with Crippen LogP contribution in [-0.4, -0.2) is 41.4 Å². The second-order valence-corrected chi connectivity index (χ2v) is 8.73. The van der Waals surface area contributed by atoms with Crippen LogP contribution in [0.2, 0.25) is 0 Å². The SMILES string of the molecule is CCCn1c(=O)c2ccccc2n2c(SCC(=O)c3cc(C)n(CC(F)(F)F)c3C)nnc12. The van der Waals surface area contributed by atoms with Gasteiger partial charge < -0.3 is 4.57 Å². The molecule has 0 saturated heterocycles. The van der Waals surface area contributed by atoms with Gasteiger partial charge in [-0.05, 0) is 38.5 Å². The molecule has 0 amide bonds. The number of thioether (sulfide) groups is 1. The van der Waals surface area contributed by atoms with Crippen molar-refractivity contribution in [3.05, 3.63) is 57.6 Å². The van der Waals surface area contributed by atoms with Crippen LogP contribution in [0.4, 0.5) is 13.2 Å². The molecule has 33 heavy (non-hydrogen) atoms. The molecule has 3 heterocycles. The molecule has 0 bridgehead atoms. The molecule has 0 aliphatic heterocycles. The molecule has 4 rings (SSSR count). The van der Waals surface area contributed by atoms with E-state index in [2.05, 4.69) is 10.2 Å². The van der Waals surface area contributed by atoms with E-state index in [1.165, 1.54) is 13.0 Å². The Morgan fingerprint density at radius 1 is 1.12 bits per heavy atom. The molecule has 174 valence electrons. The summed E-state index contributed by atoms with van der Waals surface area (Å²) in [6.07, 6.45) is -3.64. The van der Waals surface area contributed by atoms with Crippen molar-refractivity contribution in [3.8, 4) is 0 Å². The molecule has 0 aliphatic carbocycles. The van der Waals surface area contributed by atoms with Gasteiger partial charge in [-0.1, -0.05) is 30.8 Å². The highest BCUT2D eigenvalue weighted by atomic mass is 32.2. The number of ketones is 1. The van der Waals surface area contributed by atoms with Gasteiger partial charge in [0.05, 0.1) is 16.7 Å². The predicted molar refractivity (Wildman–Crippen MR) is 120 cm³/mol. The average Bonchev–Trinajstić information content (AvgIpc) is 3.30. The second kappa shape index (κ2) is 8.69. The van der Waals surface area contributed by atoms with Gasteiger partial charge in [-0.25, -0.2) is 0 Å². The van der Waals surface area contributed by atoms with E-state index in [1.54, 1.807) is 40.2 Å². The maximum Gasteiger partial charge on any atom is 0.406 e. The van der Waals surface area contributed by atoms with Gasteiger partial charge in [-0.2, -0.15) is 13.2 Å². The Bertz CT molecular complexity index is 1420. The molecular formula is C22H22F3N5O2S. The summed E-state index contributed by atoms with van der Waals surface area (Å²) in [6.45, 7) is 4.35. The zero-order chi connectivity index (χ0) is 23.9. The Morgan fingerprint density at radius 3 is 2.55 bits per heavy atom. The van der Waals surface area contributed by atoms with Crippen molar-refractivity contribution >= 4 is 34.2 Å². The van der Waals surface area contributed by atoms with Crippen molar-refractivity contribution in [2.24, 2.45) is 0 Å². The number of alkyl halides is 3. The molecule has 0 radical (unpaired) electrons. The number of hydrogen-bond acceptors (Lipinski definition) is 5. The first-order valence-corrected chi connectivity index (χ1v) is 11.4. The number of aromatic nitrogens is 5. The van der Waals surface area contributed by atoms with Crippen molar-refractivity contribution in [2.75, 3.05) is 5.75 Å². The minimum absolute atomic E-state index is 0.0294. The molecule has 0 fully saturated rings. The Labute approximate surface area is 191 Å². The molecule has 0 N–H and O–H groups in total. The highest BCUT2D eigenvalue weighted by Crippen LogP contribution is 2.26. The minimum atomic E-state index is -4.38. The third-order valence-electron chi connectivity index (χ3n) is 5.47. The van der Waals surface area contributed by atoms with Crippen LogP contribution in [0.5, 0.6) is 0 Å². The lowest BCUT2D eigenvalue weighted by atomic mass is 10.2. The van der Waals surface area contributed by atoms with Crippen LogP contribution in [0.1, 0.15) is 35.1 Å². The minimum Gasteiger partial charge on any atom is -0.339 e. The van der Waals surface area contributed by atoms with Crippen molar-refractivity contribution in [3.63, 3.8) is 0 Å². The topological polar surface area (TPSA) is 74.2 Å². The number of Topliss-reactive ketones (excluding diaryl/α,β-unsaturated/α-hetero) is 1. The van der Waals surface area contributed by atoms with Crippen molar-refractivity contribution < 1.29 is 18.0 Å². The summed E-state index contributed by atoms with van der Waals surface area (Å²) in [4.78, 5) is 25.8. The largest absolute Gasteiger partial charge is 0.406 e. The average molecular weight is 478 g/mol. The monoisotopic (exact) mass is 477 g/mol. The van der Waals surface area contributed by atoms with E-state index in [0.717, 1.165) is 22.7 Å². The number of benzene rings is 1. The van der Waals surface area contributed by atoms with Gasteiger partial charge in [0.1, 0.15) is 6.54 Å². The predicted octanol–water partition coefficient (Wildman–Crippen LogP) is 4.41. The first-order chi connectivity index (χ1) is 15.6. The molecule has 7 nitrogen and oxygen atoms in total. The van der Waals surface area contributed by atoms with E-state index in [9.17, 15) is 22.8 Å². The van der Waals surface area contributed by atoms with E-state index < -0.39 is 12.7 Å². The van der Waals surface area contributed by atoms with Crippen LogP contribution in [0.15, 0.2) is 40.3 Å². The molecular weight excluding hydrogens is 455 g/mol. The maximum absolute atomic E-state index is 12.9. The van der Waals surface area contributed by atoms with Gasteiger partial charge in [0, 0.05) is 23.5 Å². The highest BCUT2D eigenvalue weighted by molar-refractivity contribution is 7.99. The number of rotatable bonds is 7. The zero-order valence-corrected chi connectivity index (χ0v) is 19.1. The first kappa shape index (κ1) is 23.1. The Balaban J connectivity index is 1.68. The lowest BCUT2D eigenvalue weighted by Gasteiger charge is -2.12. The smallest absolute Gasteiger partial charge is 0.339 e. The molecule has 11 heteroatoms. The van der Waals surface area contributed by atoms with Crippen LogP contribution in [-0.2, 0) is 13.1 Å². The fraction of sp³-hybridized carbons (Fsp3) is 0.364. The molecule has 0 aliphatic rings. The summed E-state index contributed by atoms with van der Waals surface area (Å²) < 4.78 is 43.1. The van der Waals surface area contributed by atoms with Gasteiger partial charge in [-0.15, -0.1) is 10.2 Å². The molecule has 0 spiro atoms. The quantitative estimate of drug-likeness (QED) is 0.291. The number of fused-ring (bicyclic) bond motifs is 3. The molecule has 1 aromatic carbocycles. The van der Waals surface area contributed by atoms with E-state index in [1.807, 2.05) is 6.92 Å². The number of para-hydroxylation sites is 1. The summed E-state index contributed by atoms with van der Waals surface area (Å²) in [5.41, 5.74) is 1.39. The molecule has 0 saturated carbocycles. The van der Waals surface area contributed by atoms with Gasteiger partial charge in [0.2, 0.25) is 5.78 Å². The van der Waals surface area contributed by atoms with Crippen molar-refractivity contribution in [1.29, 1.82) is 0 Å². The molecule has 4 aromatic rings. The first-order valence-electron chi connectivity index (χ1n) is 10.4. The fourth-order valence-corrected chi connectivity index (χ4v) is 4.79. The summed E-state index contributed by atoms with van der Waals surface area (Å²) in [5, 5.41) is 9.34. The van der Waals surface area contributed by atoms with Crippen LogP contribution in [0, 0.1) is 13.8 Å². The van der Waals surface area contributed by atoms with Crippen LogP contribution < -0.4 is 5.56 Å². The zero-order valence-electron chi connectivity index (χ0n) is 18.3. The van der Waals surface area contributed by atoms with Gasteiger partial charge >= 0.3 is 6.18 Å². The van der Waals surface area contributed by atoms with E-state index in [0.29, 0.717) is 34.1 Å². The summed E-state index contributed by atoms with van der Waals surface area (Å²) in [5.74, 6) is 0.0570. The lowest BCUT2D eigenvalue weighted by Crippen LogP contribution is -2.23. The molecule has 0 unspecified atom stereocenters. The normalized spacial score (nSPS) is 12.2. The van der Waals surface area contributed by atoms with Crippen molar-refractivity contribution in [1.82, 2.24) is 23.7 Å². The lowest BCUT2D eigenvalue weighted by molar-refractivity contribution is -0.141. The third-order valence-corrected chi connectivity index (χ3v) is 6.40. The molecule has 0 atom stereocenters. The Hall–Kier alpha value is -3.08. The Morgan fingerprint density at radius 2 is 1.85 bits per heavy atom. The number of aryl methyl sites for hydroxylation is 2. The van der Waals surface area contributed by atoms with Gasteiger partial charge in [-0.3, -0.25) is 18.6 Å². The van der Waals surface area contributed by atoms with Crippen LogP contribution in [0.3, 0.4) is 0 Å². The summed E-state index contributed by atoms with van der Waals surface area (Å²) >= 11 is 1.14. The maximum atomic E-state index is 12.9. The van der Waals surface area contributed by atoms with Crippen LogP contribution >= 0.6 is 11.8 Å². The van der Waals surface area contributed by atoms with Gasteiger partial charge in [0.25, 0.3) is 5.56 Å². The van der Waals surface area contributed by atoms with Crippen molar-refractivity contribution in [2.45, 2.75) is 51.6 Å². The summed E-state index contributed by atoms with van der Waals surface area (Å²) in [7, 11) is 0. The molecule has 3 aromatic heterocycles. The van der Waals surface area contributed by atoms with E-state index >= 15 is 0 Å². The van der Waals surface area contributed by atoms with Crippen LogP contribution in [0.25, 0.3) is 16.7 Å². The third kappa shape index (κ3) is 4.29. The fourth-order valence-electron chi connectivity index (χ4n) is 3.97. The number of carbonyl (C=O) groups is 1. The summed E-state index contributed by atoms with van der Waals surface area (Å²) in [6, 6.07) is 8.60. The number of carbonyl (C=O) groups excluding carboxylic acids is 1. The van der Waals surface area contributed by atoms with Gasteiger partial charge in [0.15, 0.2) is 10.9 Å². The van der Waals surface area contributed by atoms with E-state index in [4.69, 9.17) is 0 Å². The highest BCUT2D eigenvalue weighted by Gasteiger charge is 2.30. The second-order valence-electron chi connectivity index (χ2n) is 7.79. The number of nitrogens with zero attached hydrogens (tertiary/aromatic N) is 5. The Kier molecular flexibility index (Phi) is 6.08. The number of hydrogen-bond donors (Lipinski definition) is 0.